The summed E-state index contributed by atoms with van der Waals surface area (Å²) in [5.41, 5.74) is 1.24. The van der Waals surface area contributed by atoms with Crippen molar-refractivity contribution in [2.24, 2.45) is 0 Å². The van der Waals surface area contributed by atoms with Gasteiger partial charge in [0.25, 0.3) is 0 Å². The maximum Gasteiger partial charge on any atom is 0.241 e. The van der Waals surface area contributed by atoms with Crippen molar-refractivity contribution in [2.75, 3.05) is 27.2 Å². The number of rotatable bonds is 10. The average Bonchev–Trinajstić information content (AvgIpc) is 3.42. The van der Waals surface area contributed by atoms with E-state index in [0.717, 1.165) is 48.1 Å². The first-order valence-corrected chi connectivity index (χ1v) is 17.1. The molecule has 1 aromatic heterocycles. The lowest BCUT2D eigenvalue weighted by Gasteiger charge is -2.30. The zero-order chi connectivity index (χ0) is 32.5. The number of benzene rings is 3. The standard InChI is InChI=1S/C32H34ClF3N4O3S2/c1-32(2,20-7-12-26(33)29(14-20)43-4)30-17-37-31(40(30)23-10-8-21(34)9-11-23)44-19-25-27(35)15-24(16-28(25)36)45(41,42)38-22-6-5-13-39(3)18-22/h7-12,14-17,22,38H,5-6,13,18-19H2,1-4H3. The predicted octanol–water partition coefficient (Wildman–Crippen LogP) is 6.94. The first kappa shape index (κ1) is 33.3. The summed E-state index contributed by atoms with van der Waals surface area (Å²) < 4.78 is 80.3. The number of piperidine rings is 1. The van der Waals surface area contributed by atoms with E-state index in [9.17, 15) is 12.8 Å². The number of nitrogens with one attached hydrogen (secondary N) is 1. The Bertz CT molecular complexity index is 1780. The van der Waals surface area contributed by atoms with Crippen LogP contribution in [0.2, 0.25) is 5.02 Å². The lowest BCUT2D eigenvalue weighted by atomic mass is 9.81. The first-order chi connectivity index (χ1) is 21.3. The van der Waals surface area contributed by atoms with Crippen molar-refractivity contribution in [3.63, 3.8) is 0 Å². The number of halogens is 4. The molecule has 1 saturated heterocycles. The minimum Gasteiger partial charge on any atom is -0.495 e. The Labute approximate surface area is 270 Å². The lowest BCUT2D eigenvalue weighted by Crippen LogP contribution is -2.46. The number of likely N-dealkylation sites (tertiary alicyclic amines) is 1. The van der Waals surface area contributed by atoms with Crippen LogP contribution in [0.15, 0.2) is 70.8 Å². The van der Waals surface area contributed by atoms with Crippen molar-refractivity contribution >= 4 is 33.4 Å². The van der Waals surface area contributed by atoms with E-state index in [1.807, 2.05) is 42.5 Å². The molecule has 4 aromatic rings. The van der Waals surface area contributed by atoms with Crippen molar-refractivity contribution < 1.29 is 26.3 Å². The van der Waals surface area contributed by atoms with Gasteiger partial charge in [-0.2, -0.15) is 0 Å². The number of nitrogens with zero attached hydrogens (tertiary/aromatic N) is 3. The minimum absolute atomic E-state index is 0.175. The molecule has 45 heavy (non-hydrogen) atoms. The molecule has 1 fully saturated rings. The molecule has 7 nitrogen and oxygen atoms in total. The van der Waals surface area contributed by atoms with Crippen LogP contribution >= 0.6 is 23.4 Å². The van der Waals surface area contributed by atoms with Crippen LogP contribution in [-0.2, 0) is 21.2 Å². The van der Waals surface area contributed by atoms with E-state index < -0.39 is 37.8 Å². The first-order valence-electron chi connectivity index (χ1n) is 14.3. The number of ether oxygens (including phenoxy) is 1. The van der Waals surface area contributed by atoms with Crippen LogP contribution in [0.4, 0.5) is 13.2 Å². The van der Waals surface area contributed by atoms with E-state index in [0.29, 0.717) is 34.6 Å². The summed E-state index contributed by atoms with van der Waals surface area (Å²) in [6, 6.07) is 12.7. The highest BCUT2D eigenvalue weighted by Gasteiger charge is 2.31. The Morgan fingerprint density at radius 2 is 1.78 bits per heavy atom. The zero-order valence-electron chi connectivity index (χ0n) is 25.3. The molecule has 1 atom stereocenters. The molecule has 0 spiro atoms. The van der Waals surface area contributed by atoms with Gasteiger partial charge in [-0.3, -0.25) is 4.57 Å². The molecule has 240 valence electrons. The fourth-order valence-corrected chi connectivity index (χ4v) is 7.96. The van der Waals surface area contributed by atoms with Gasteiger partial charge in [-0.05, 0) is 80.5 Å². The number of hydrogen-bond donors (Lipinski definition) is 1. The lowest BCUT2D eigenvalue weighted by molar-refractivity contribution is 0.242. The second kappa shape index (κ2) is 13.4. The smallest absolute Gasteiger partial charge is 0.241 e. The third kappa shape index (κ3) is 7.20. The number of imidazole rings is 1. The summed E-state index contributed by atoms with van der Waals surface area (Å²) in [5, 5.41) is 0.866. The minimum atomic E-state index is -4.13. The van der Waals surface area contributed by atoms with Crippen molar-refractivity contribution in [3.8, 4) is 11.4 Å². The molecule has 0 bridgehead atoms. The van der Waals surface area contributed by atoms with Crippen LogP contribution in [0.5, 0.6) is 5.75 Å². The van der Waals surface area contributed by atoms with Crippen LogP contribution in [0, 0.1) is 17.5 Å². The number of sulfonamides is 1. The van der Waals surface area contributed by atoms with E-state index in [4.69, 9.17) is 16.3 Å². The maximum atomic E-state index is 15.3. The Morgan fingerprint density at radius 1 is 1.09 bits per heavy atom. The summed E-state index contributed by atoms with van der Waals surface area (Å²) in [7, 11) is -0.709. The van der Waals surface area contributed by atoms with Gasteiger partial charge in [0.15, 0.2) is 5.16 Å². The number of likely N-dealkylation sites (N-methyl/N-ethyl adjacent to an activating group) is 1. The van der Waals surface area contributed by atoms with E-state index in [1.54, 1.807) is 24.4 Å². The third-order valence-corrected chi connectivity index (χ3v) is 10.8. The number of methoxy groups -OCH3 is 1. The Hall–Kier alpha value is -3.03. The van der Waals surface area contributed by atoms with E-state index in [-0.39, 0.29) is 17.4 Å². The Kier molecular flexibility index (Phi) is 9.90. The maximum absolute atomic E-state index is 15.3. The third-order valence-electron chi connectivity index (χ3n) is 8.04. The quantitative estimate of drug-likeness (QED) is 0.183. The van der Waals surface area contributed by atoms with Crippen LogP contribution in [0.1, 0.15) is 43.5 Å². The molecule has 0 radical (unpaired) electrons. The molecule has 1 aliphatic rings. The highest BCUT2D eigenvalue weighted by molar-refractivity contribution is 7.98. The summed E-state index contributed by atoms with van der Waals surface area (Å²) in [6.07, 6.45) is 3.14. The van der Waals surface area contributed by atoms with Gasteiger partial charge in [0.2, 0.25) is 10.0 Å². The van der Waals surface area contributed by atoms with E-state index in [2.05, 4.69) is 9.71 Å². The molecule has 13 heteroatoms. The van der Waals surface area contributed by atoms with Gasteiger partial charge in [-0.25, -0.2) is 31.3 Å². The monoisotopic (exact) mass is 678 g/mol. The zero-order valence-corrected chi connectivity index (χ0v) is 27.7. The number of aromatic nitrogens is 2. The molecule has 1 unspecified atom stereocenters. The van der Waals surface area contributed by atoms with Crippen molar-refractivity contribution in [2.45, 2.75) is 54.0 Å². The number of hydrogen-bond acceptors (Lipinski definition) is 6. The van der Waals surface area contributed by atoms with Crippen LogP contribution in [0.25, 0.3) is 5.69 Å². The van der Waals surface area contributed by atoms with Gasteiger partial charge in [-0.1, -0.05) is 43.3 Å². The van der Waals surface area contributed by atoms with Crippen LogP contribution in [0.3, 0.4) is 0 Å². The largest absolute Gasteiger partial charge is 0.495 e. The molecular weight excluding hydrogens is 645 g/mol. The second-order valence-electron chi connectivity index (χ2n) is 11.6. The molecule has 0 aliphatic carbocycles. The van der Waals surface area contributed by atoms with Crippen LogP contribution in [-0.4, -0.2) is 56.2 Å². The van der Waals surface area contributed by atoms with Gasteiger partial charge in [0.05, 0.1) is 28.9 Å². The molecule has 1 aliphatic heterocycles. The molecule has 1 N–H and O–H groups in total. The Balaban J connectivity index is 1.45. The highest BCUT2D eigenvalue weighted by Crippen LogP contribution is 2.39. The molecule has 0 saturated carbocycles. The SMILES string of the molecule is COc1cc(C(C)(C)c2cnc(SCc3c(F)cc(S(=O)(=O)NC4CCCN(C)C4)cc3F)n2-c2ccc(F)cc2)ccc1Cl. The Morgan fingerprint density at radius 3 is 2.42 bits per heavy atom. The molecular formula is C32H34ClF3N4O3S2. The van der Waals surface area contributed by atoms with Crippen molar-refractivity contribution in [1.29, 1.82) is 0 Å². The average molecular weight is 679 g/mol. The van der Waals surface area contributed by atoms with Gasteiger partial charge in [0.1, 0.15) is 23.2 Å². The van der Waals surface area contributed by atoms with Gasteiger partial charge >= 0.3 is 0 Å². The van der Waals surface area contributed by atoms with E-state index in [1.165, 1.54) is 19.2 Å². The summed E-state index contributed by atoms with van der Waals surface area (Å²) in [4.78, 5) is 6.13. The van der Waals surface area contributed by atoms with Crippen molar-refractivity contribution in [1.82, 2.24) is 19.2 Å². The normalized spacial score (nSPS) is 16.2. The number of thioether (sulfide) groups is 1. The van der Waals surface area contributed by atoms with Crippen LogP contribution < -0.4 is 9.46 Å². The fraction of sp³-hybridized carbons (Fsp3) is 0.344. The summed E-state index contributed by atoms with van der Waals surface area (Å²) in [5.74, 6) is -2.04. The second-order valence-corrected chi connectivity index (χ2v) is 14.7. The van der Waals surface area contributed by atoms with E-state index >= 15 is 8.78 Å². The van der Waals surface area contributed by atoms with Gasteiger partial charge < -0.3 is 9.64 Å². The highest BCUT2D eigenvalue weighted by atomic mass is 35.5. The van der Waals surface area contributed by atoms with Gasteiger partial charge in [-0.15, -0.1) is 0 Å². The predicted molar refractivity (Wildman–Crippen MR) is 170 cm³/mol. The molecule has 3 aromatic carbocycles. The van der Waals surface area contributed by atoms with Gasteiger partial charge in [0, 0.05) is 35.0 Å². The van der Waals surface area contributed by atoms with Crippen molar-refractivity contribution in [3.05, 3.63) is 100 Å². The molecule has 0 amide bonds. The molecule has 2 heterocycles. The topological polar surface area (TPSA) is 76.5 Å². The summed E-state index contributed by atoms with van der Waals surface area (Å²) >= 11 is 7.34. The molecule has 5 rings (SSSR count). The summed E-state index contributed by atoms with van der Waals surface area (Å²) in [6.45, 7) is 5.35. The fourth-order valence-electron chi connectivity index (χ4n) is 5.47.